The number of carbonyl (C=O) groups is 3. The highest BCUT2D eigenvalue weighted by molar-refractivity contribution is 6.10. The van der Waals surface area contributed by atoms with Crippen LogP contribution in [0.3, 0.4) is 0 Å². The summed E-state index contributed by atoms with van der Waals surface area (Å²) in [4.78, 5) is 76.9. The predicted molar refractivity (Wildman–Crippen MR) is 186 cm³/mol. The summed E-state index contributed by atoms with van der Waals surface area (Å²) in [6.07, 6.45) is 6.34. The molecule has 0 bridgehead atoms. The molecule has 3 heterocycles. The molecule has 2 amide bonds. The third-order valence-electron chi connectivity index (χ3n) is 7.61. The summed E-state index contributed by atoms with van der Waals surface area (Å²) in [5, 5.41) is 5.24. The fraction of sp³-hybridized carbons (Fsp3) is 0.216. The van der Waals surface area contributed by atoms with Crippen molar-refractivity contribution in [1.82, 2.24) is 24.8 Å². The molecule has 0 spiro atoms. The fourth-order valence-corrected chi connectivity index (χ4v) is 5.05. The number of ether oxygens (including phenoxy) is 2. The van der Waals surface area contributed by atoms with Crippen LogP contribution < -0.4 is 26.4 Å². The molecule has 1 atom stereocenters. The van der Waals surface area contributed by atoms with E-state index in [0.29, 0.717) is 23.1 Å². The summed E-state index contributed by atoms with van der Waals surface area (Å²) in [7, 11) is 0. The van der Waals surface area contributed by atoms with Crippen LogP contribution in [0, 0.1) is 0 Å². The average Bonchev–Trinajstić information content (AvgIpc) is 3.14. The van der Waals surface area contributed by atoms with Crippen molar-refractivity contribution in [3.8, 4) is 17.3 Å². The molecule has 13 heteroatoms. The van der Waals surface area contributed by atoms with Crippen LogP contribution in [0.15, 0.2) is 113 Å². The topological polar surface area (TPSA) is 174 Å². The molecule has 0 aliphatic heterocycles. The van der Waals surface area contributed by atoms with Crippen molar-refractivity contribution in [2.45, 2.75) is 45.4 Å². The summed E-state index contributed by atoms with van der Waals surface area (Å²) in [6, 6.07) is 21.9. The van der Waals surface area contributed by atoms with E-state index < -0.39 is 41.4 Å². The number of nitrogens with one attached hydrogen (secondary N) is 3. The van der Waals surface area contributed by atoms with Crippen LogP contribution in [0.4, 0.5) is 10.5 Å². The number of aromatic amines is 1. The van der Waals surface area contributed by atoms with E-state index in [1.54, 1.807) is 79.1 Å². The fourth-order valence-electron chi connectivity index (χ4n) is 5.05. The van der Waals surface area contributed by atoms with E-state index in [0.717, 1.165) is 17.4 Å². The van der Waals surface area contributed by atoms with Crippen LogP contribution >= 0.6 is 0 Å². The monoisotopic (exact) mass is 676 g/mol. The first-order valence-electron chi connectivity index (χ1n) is 16.1. The molecule has 256 valence electrons. The lowest BCUT2D eigenvalue weighted by atomic mass is 10.0. The zero-order valence-corrected chi connectivity index (χ0v) is 27.3. The number of ketones is 1. The van der Waals surface area contributed by atoms with Gasteiger partial charge in [-0.05, 0) is 30.5 Å². The highest BCUT2D eigenvalue weighted by Crippen LogP contribution is 2.19. The molecular weight excluding hydrogens is 640 g/mol. The molecule has 0 aliphatic carbocycles. The molecule has 0 radical (unpaired) electrons. The van der Waals surface area contributed by atoms with Crippen molar-refractivity contribution in [3.63, 3.8) is 0 Å². The normalized spacial score (nSPS) is 11.3. The Bertz CT molecular complexity index is 2030. The molecule has 5 aromatic rings. The Morgan fingerprint density at radius 1 is 0.940 bits per heavy atom. The predicted octanol–water partition coefficient (Wildman–Crippen LogP) is 4.73. The van der Waals surface area contributed by atoms with E-state index in [2.05, 4.69) is 25.6 Å². The standard InChI is InChI=1S/C37H36N6O7/c1-2-3-14-28(50-35-32(30(44)17-20-39-35)33(46)26-10-6-4-7-11-26)21-40-31(45)23-43-34(27-12-8-5-9-13-27)41-22-29(36(43)47)42-37(48)49-24-25-15-18-38-19-16-25/h4-13,15-20,22,28H,2-3,14,21,23-24H2,1H3,(H,39,44)(H,40,45)(H,42,48). The highest BCUT2D eigenvalue weighted by Gasteiger charge is 2.23. The number of pyridine rings is 2. The van der Waals surface area contributed by atoms with E-state index in [4.69, 9.17) is 9.47 Å². The second-order valence-electron chi connectivity index (χ2n) is 11.2. The Labute approximate surface area is 287 Å². The van der Waals surface area contributed by atoms with E-state index in [1.807, 2.05) is 13.0 Å². The number of benzene rings is 2. The molecule has 0 aliphatic rings. The van der Waals surface area contributed by atoms with Gasteiger partial charge in [-0.15, -0.1) is 0 Å². The van der Waals surface area contributed by atoms with Crippen molar-refractivity contribution >= 4 is 23.5 Å². The number of amides is 2. The molecule has 3 N–H and O–H groups in total. The number of rotatable bonds is 15. The Morgan fingerprint density at radius 2 is 1.66 bits per heavy atom. The molecular formula is C37H36N6O7. The minimum absolute atomic E-state index is 0.00285. The van der Waals surface area contributed by atoms with Crippen LogP contribution in [0.25, 0.3) is 11.4 Å². The molecule has 13 nitrogen and oxygen atoms in total. The van der Waals surface area contributed by atoms with Crippen LogP contribution in [0.5, 0.6) is 5.88 Å². The second-order valence-corrected chi connectivity index (χ2v) is 11.2. The maximum atomic E-state index is 13.7. The highest BCUT2D eigenvalue weighted by atomic mass is 16.5. The summed E-state index contributed by atoms with van der Waals surface area (Å²) < 4.78 is 12.6. The number of nitrogens with zero attached hydrogens (tertiary/aromatic N) is 3. The Balaban J connectivity index is 1.33. The van der Waals surface area contributed by atoms with Crippen molar-refractivity contribution in [3.05, 3.63) is 141 Å². The van der Waals surface area contributed by atoms with Crippen molar-refractivity contribution < 1.29 is 23.9 Å². The van der Waals surface area contributed by atoms with Crippen LogP contribution in [0.2, 0.25) is 0 Å². The Morgan fingerprint density at radius 3 is 2.38 bits per heavy atom. The lowest BCUT2D eigenvalue weighted by Gasteiger charge is -2.21. The summed E-state index contributed by atoms with van der Waals surface area (Å²) in [5.41, 5.74) is 0.142. The first kappa shape index (κ1) is 35.0. The molecule has 0 saturated heterocycles. The molecule has 3 aromatic heterocycles. The van der Waals surface area contributed by atoms with E-state index in [1.165, 1.54) is 18.5 Å². The number of hydrogen-bond donors (Lipinski definition) is 3. The van der Waals surface area contributed by atoms with Gasteiger partial charge in [0, 0.05) is 35.8 Å². The Kier molecular flexibility index (Phi) is 12.0. The van der Waals surface area contributed by atoms with Gasteiger partial charge in [-0.25, -0.2) is 9.78 Å². The Hall–Kier alpha value is -6.37. The van der Waals surface area contributed by atoms with Gasteiger partial charge in [0.25, 0.3) is 5.56 Å². The van der Waals surface area contributed by atoms with Gasteiger partial charge < -0.3 is 19.8 Å². The summed E-state index contributed by atoms with van der Waals surface area (Å²) >= 11 is 0. The maximum absolute atomic E-state index is 13.7. The van der Waals surface area contributed by atoms with E-state index in [9.17, 15) is 24.0 Å². The SMILES string of the molecule is CCCCC(CNC(=O)Cn1c(-c2ccccc2)ncc(NC(=O)OCc2ccncc2)c1=O)Oc1[nH]ccc(=O)c1C(=O)c1ccccc1. The van der Waals surface area contributed by atoms with Gasteiger partial charge in [0.15, 0.2) is 5.43 Å². The number of aromatic nitrogens is 4. The maximum Gasteiger partial charge on any atom is 0.412 e. The molecule has 50 heavy (non-hydrogen) atoms. The van der Waals surface area contributed by atoms with E-state index >= 15 is 0 Å². The van der Waals surface area contributed by atoms with Crippen molar-refractivity contribution in [2.24, 2.45) is 0 Å². The van der Waals surface area contributed by atoms with Crippen LogP contribution in [-0.2, 0) is 22.7 Å². The third kappa shape index (κ3) is 9.16. The van der Waals surface area contributed by atoms with Gasteiger partial charge in [0.2, 0.25) is 17.6 Å². The number of carbonyl (C=O) groups excluding carboxylic acids is 3. The average molecular weight is 677 g/mol. The molecule has 0 fully saturated rings. The molecule has 1 unspecified atom stereocenters. The first-order valence-corrected chi connectivity index (χ1v) is 16.1. The quantitative estimate of drug-likeness (QED) is 0.133. The van der Waals surface area contributed by atoms with Crippen LogP contribution in [-0.4, -0.2) is 50.0 Å². The second kappa shape index (κ2) is 17.2. The number of hydrogen-bond acceptors (Lipinski definition) is 9. The number of anilines is 1. The van der Waals surface area contributed by atoms with Gasteiger partial charge in [-0.2, -0.15) is 0 Å². The lowest BCUT2D eigenvalue weighted by Crippen LogP contribution is -2.40. The van der Waals surface area contributed by atoms with Crippen molar-refractivity contribution in [2.75, 3.05) is 11.9 Å². The largest absolute Gasteiger partial charge is 0.473 e. The van der Waals surface area contributed by atoms with Gasteiger partial charge in [0.1, 0.15) is 36.3 Å². The number of unbranched alkanes of at least 4 members (excludes halogenated alkanes) is 1. The van der Waals surface area contributed by atoms with E-state index in [-0.39, 0.29) is 36.1 Å². The number of H-pyrrole nitrogens is 1. The summed E-state index contributed by atoms with van der Waals surface area (Å²) in [6.45, 7) is 1.54. The summed E-state index contributed by atoms with van der Waals surface area (Å²) in [5.74, 6) is -0.805. The third-order valence-corrected chi connectivity index (χ3v) is 7.61. The molecule has 2 aromatic carbocycles. The van der Waals surface area contributed by atoms with Crippen LogP contribution in [0.1, 0.15) is 47.7 Å². The lowest BCUT2D eigenvalue weighted by molar-refractivity contribution is -0.122. The van der Waals surface area contributed by atoms with Crippen molar-refractivity contribution in [1.29, 1.82) is 0 Å². The zero-order chi connectivity index (χ0) is 35.3. The van der Waals surface area contributed by atoms with Gasteiger partial charge in [-0.3, -0.25) is 34.0 Å². The van der Waals surface area contributed by atoms with Gasteiger partial charge in [0.05, 0.1) is 12.7 Å². The minimum Gasteiger partial charge on any atom is -0.473 e. The van der Waals surface area contributed by atoms with Gasteiger partial charge >= 0.3 is 6.09 Å². The minimum atomic E-state index is -0.871. The smallest absolute Gasteiger partial charge is 0.412 e. The first-order chi connectivity index (χ1) is 24.3. The molecule has 0 saturated carbocycles. The van der Waals surface area contributed by atoms with Gasteiger partial charge in [-0.1, -0.05) is 74.0 Å². The zero-order valence-electron chi connectivity index (χ0n) is 27.3. The molecule has 5 rings (SSSR count).